The molecule has 0 radical (unpaired) electrons. The zero-order chi connectivity index (χ0) is 4.99. The number of allylic oxidation sites excluding steroid dienone is 1. The summed E-state index contributed by atoms with van der Waals surface area (Å²) in [5.41, 5.74) is 0. The first-order valence-corrected chi connectivity index (χ1v) is 18.2. The van der Waals surface area contributed by atoms with Crippen LogP contribution < -0.4 is 0 Å². The molecule has 0 nitrogen and oxygen atoms in total. The third-order valence-electron chi connectivity index (χ3n) is 0.345. The van der Waals surface area contributed by atoms with Gasteiger partial charge in [-0.05, 0) is 0 Å². The van der Waals surface area contributed by atoms with Crippen molar-refractivity contribution in [1.29, 1.82) is 0 Å². The molecule has 0 fully saturated rings. The van der Waals surface area contributed by atoms with Crippen LogP contribution in [0.25, 0.3) is 0 Å². The molecule has 0 aromatic rings. The van der Waals surface area contributed by atoms with E-state index in [1.165, 1.54) is 4.98 Å². The summed E-state index contributed by atoms with van der Waals surface area (Å²) in [6.07, 6.45) is 2.02. The molecule has 0 aliphatic heterocycles. The molecule has 0 bridgehead atoms. The second kappa shape index (κ2) is 4.98. The van der Waals surface area contributed by atoms with E-state index >= 15 is 0 Å². The van der Waals surface area contributed by atoms with Gasteiger partial charge in [-0.1, -0.05) is 0 Å². The summed E-state index contributed by atoms with van der Waals surface area (Å²) in [5.74, 6) is 0. The van der Waals surface area contributed by atoms with E-state index in [-0.39, 0.29) is 0 Å². The Balaban J connectivity index is 2.81. The Bertz CT molecular complexity index is 44.1. The minimum absolute atomic E-state index is 0.723. The maximum absolute atomic E-state index is 3.64. The molecule has 34 valence electrons. The third kappa shape index (κ3) is 5.84. The predicted octanol–water partition coefficient (Wildman–Crippen LogP) is 2.53. The second-order valence-corrected chi connectivity index (χ2v) is 31.6. The fraction of sp³-hybridized carbons (Fsp3) is 0.333. The van der Waals surface area contributed by atoms with Crippen molar-refractivity contribution < 1.29 is 0 Å². The van der Waals surface area contributed by atoms with E-state index in [4.69, 9.17) is 0 Å². The number of halogens is 2. The SMILES string of the molecule is C=C[CH2][Ga]([I])[I]. The van der Waals surface area contributed by atoms with Gasteiger partial charge in [-0.3, -0.25) is 0 Å². The van der Waals surface area contributed by atoms with Crippen molar-refractivity contribution >= 4 is 48.5 Å². The van der Waals surface area contributed by atoms with Crippen LogP contribution in [0.2, 0.25) is 4.98 Å². The van der Waals surface area contributed by atoms with Gasteiger partial charge in [-0.2, -0.15) is 0 Å². The van der Waals surface area contributed by atoms with E-state index in [1.54, 1.807) is 0 Å². The zero-order valence-corrected chi connectivity index (χ0v) is 10.1. The van der Waals surface area contributed by atoms with Gasteiger partial charge in [0, 0.05) is 0 Å². The van der Waals surface area contributed by atoms with Gasteiger partial charge >= 0.3 is 66.1 Å². The standard InChI is InChI=1S/C3H5.Ga.2HI/c1-3-2;;;/h3H,1-2H2;;2*1H/q;+2;;/p-2. The first-order valence-electron chi connectivity index (χ1n) is 1.66. The number of hydrogen-bond donors (Lipinski definition) is 0. The molecule has 6 heavy (non-hydrogen) atoms. The van der Waals surface area contributed by atoms with Crippen molar-refractivity contribution in [1.82, 2.24) is 0 Å². The van der Waals surface area contributed by atoms with Crippen molar-refractivity contribution in [2.24, 2.45) is 0 Å². The van der Waals surface area contributed by atoms with Crippen molar-refractivity contribution in [2.45, 2.75) is 4.98 Å². The van der Waals surface area contributed by atoms with E-state index < -0.39 is 9.12 Å². The van der Waals surface area contributed by atoms with E-state index in [0.29, 0.717) is 0 Å². The van der Waals surface area contributed by atoms with Gasteiger partial charge in [0.15, 0.2) is 0 Å². The number of rotatable bonds is 2. The molecule has 0 spiro atoms. The molecule has 0 unspecified atom stereocenters. The predicted molar refractivity (Wildman–Crippen MR) is 48.8 cm³/mol. The van der Waals surface area contributed by atoms with Crippen LogP contribution in [0.5, 0.6) is 0 Å². The fourth-order valence-electron chi connectivity index (χ4n) is 0.126. The van der Waals surface area contributed by atoms with Gasteiger partial charge in [-0.15, -0.1) is 0 Å². The molecule has 0 aromatic heterocycles. The Morgan fingerprint density at radius 2 is 2.17 bits per heavy atom. The van der Waals surface area contributed by atoms with Crippen molar-refractivity contribution in [2.75, 3.05) is 0 Å². The molecule has 0 aliphatic rings. The van der Waals surface area contributed by atoms with Crippen LogP contribution >= 0.6 is 39.3 Å². The third-order valence-corrected chi connectivity index (χ3v) is 7.08. The first-order chi connectivity index (χ1) is 2.77. The Morgan fingerprint density at radius 1 is 1.67 bits per heavy atom. The van der Waals surface area contributed by atoms with Gasteiger partial charge < -0.3 is 0 Å². The van der Waals surface area contributed by atoms with Crippen LogP contribution in [0.3, 0.4) is 0 Å². The van der Waals surface area contributed by atoms with E-state index in [1.807, 2.05) is 6.08 Å². The minimum atomic E-state index is -0.723. The molecular formula is C3H5GaI2. The van der Waals surface area contributed by atoms with Gasteiger partial charge in [0.1, 0.15) is 0 Å². The average Bonchev–Trinajstić information content (AvgIpc) is 1.35. The van der Waals surface area contributed by atoms with E-state index in [9.17, 15) is 0 Å². The summed E-state index contributed by atoms with van der Waals surface area (Å²) in [7, 11) is -0.723. The summed E-state index contributed by atoms with van der Waals surface area (Å²) in [6.45, 7) is 3.64. The topological polar surface area (TPSA) is 0 Å². The Labute approximate surface area is 65.0 Å². The Kier molecular flexibility index (Phi) is 6.51. The normalized spacial score (nSPS) is 7.67. The molecule has 0 rings (SSSR count). The van der Waals surface area contributed by atoms with Crippen molar-refractivity contribution in [3.8, 4) is 0 Å². The molecule has 0 aliphatic carbocycles. The summed E-state index contributed by atoms with van der Waals surface area (Å²) < 4.78 is 0. The van der Waals surface area contributed by atoms with Gasteiger partial charge in [0.25, 0.3) is 0 Å². The molecule has 0 N–H and O–H groups in total. The average molecular weight is 365 g/mol. The number of hydrogen-bond acceptors (Lipinski definition) is 0. The quantitative estimate of drug-likeness (QED) is 0.401. The van der Waals surface area contributed by atoms with E-state index in [0.717, 1.165) is 0 Å². The Morgan fingerprint density at radius 3 is 2.17 bits per heavy atom. The van der Waals surface area contributed by atoms with Crippen LogP contribution in [0.15, 0.2) is 12.7 Å². The second-order valence-electron chi connectivity index (χ2n) is 0.915. The van der Waals surface area contributed by atoms with Gasteiger partial charge in [0.05, 0.1) is 0 Å². The molecule has 0 saturated heterocycles. The van der Waals surface area contributed by atoms with Gasteiger partial charge in [0.2, 0.25) is 0 Å². The monoisotopic (exact) mass is 364 g/mol. The molecule has 3 heteroatoms. The van der Waals surface area contributed by atoms with Crippen LogP contribution in [0.1, 0.15) is 0 Å². The maximum atomic E-state index is 3.64. The fourth-order valence-corrected chi connectivity index (χ4v) is 4.39. The molecule has 0 amide bonds. The summed E-state index contributed by atoms with van der Waals surface area (Å²) in [5, 5.41) is 0. The molecule has 0 atom stereocenters. The molecular weight excluding hydrogens is 360 g/mol. The Hall–Kier alpha value is 1.84. The van der Waals surface area contributed by atoms with Crippen LogP contribution in [-0.4, -0.2) is 9.12 Å². The van der Waals surface area contributed by atoms with E-state index in [2.05, 4.69) is 45.9 Å². The van der Waals surface area contributed by atoms with Crippen LogP contribution in [-0.2, 0) is 0 Å². The molecule has 0 saturated carbocycles. The molecule has 0 aromatic carbocycles. The van der Waals surface area contributed by atoms with Crippen molar-refractivity contribution in [3.05, 3.63) is 12.7 Å². The van der Waals surface area contributed by atoms with Crippen LogP contribution in [0, 0.1) is 0 Å². The summed E-state index contributed by atoms with van der Waals surface area (Å²) in [6, 6.07) is 0. The van der Waals surface area contributed by atoms with Crippen molar-refractivity contribution in [3.63, 3.8) is 0 Å². The van der Waals surface area contributed by atoms with Crippen LogP contribution in [0.4, 0.5) is 0 Å². The van der Waals surface area contributed by atoms with Gasteiger partial charge in [-0.25, -0.2) is 0 Å². The summed E-state index contributed by atoms with van der Waals surface area (Å²) >= 11 is 5.09. The zero-order valence-electron chi connectivity index (χ0n) is 3.32. The summed E-state index contributed by atoms with van der Waals surface area (Å²) in [4.78, 5) is 1.30. The first kappa shape index (κ1) is 7.84. The molecule has 0 heterocycles.